The quantitative estimate of drug-likeness (QED) is 0.861. The maximum absolute atomic E-state index is 12.8. The van der Waals surface area contributed by atoms with E-state index in [1.165, 1.54) is 0 Å². The average Bonchev–Trinajstić information content (AvgIpc) is 3.07. The second-order valence-corrected chi connectivity index (χ2v) is 6.99. The Balaban J connectivity index is 1.48. The summed E-state index contributed by atoms with van der Waals surface area (Å²) in [6.45, 7) is 2.78. The minimum atomic E-state index is -0.237. The molecule has 4 rings (SSSR count). The molecule has 2 N–H and O–H groups in total. The molecule has 6 nitrogen and oxygen atoms in total. The van der Waals surface area contributed by atoms with Gasteiger partial charge in [0.05, 0.1) is 6.10 Å². The molecule has 0 radical (unpaired) electrons. The van der Waals surface area contributed by atoms with Crippen LogP contribution in [-0.2, 0) is 0 Å². The van der Waals surface area contributed by atoms with Crippen molar-refractivity contribution in [1.29, 1.82) is 0 Å². The van der Waals surface area contributed by atoms with Gasteiger partial charge in [-0.2, -0.15) is 0 Å². The summed E-state index contributed by atoms with van der Waals surface area (Å²) in [5, 5.41) is 11.4. The minimum Gasteiger partial charge on any atom is -0.391 e. The largest absolute Gasteiger partial charge is 0.391 e. The number of hydrogen-bond donors (Lipinski definition) is 2. The molecule has 2 heterocycles. The van der Waals surface area contributed by atoms with Crippen LogP contribution < -0.4 is 5.56 Å². The van der Waals surface area contributed by atoms with Gasteiger partial charge in [0, 0.05) is 37.6 Å². The third-order valence-electron chi connectivity index (χ3n) is 5.50. The Morgan fingerprint density at radius 1 is 1.12 bits per heavy atom. The van der Waals surface area contributed by atoms with Gasteiger partial charge in [-0.25, -0.2) is 0 Å². The smallest absolute Gasteiger partial charge is 0.270 e. The van der Waals surface area contributed by atoms with Gasteiger partial charge < -0.3 is 15.0 Å². The Labute approximate surface area is 146 Å². The molecule has 1 saturated carbocycles. The molecule has 25 heavy (non-hydrogen) atoms. The summed E-state index contributed by atoms with van der Waals surface area (Å²) in [7, 11) is 0. The Morgan fingerprint density at radius 2 is 1.88 bits per heavy atom. The summed E-state index contributed by atoms with van der Waals surface area (Å²) < 4.78 is 0. The predicted octanol–water partition coefficient (Wildman–Crippen LogP) is 1.20. The van der Waals surface area contributed by atoms with Crippen molar-refractivity contribution in [2.45, 2.75) is 31.4 Å². The fourth-order valence-electron chi connectivity index (χ4n) is 4.10. The maximum atomic E-state index is 12.8. The van der Waals surface area contributed by atoms with Crippen molar-refractivity contribution in [3.63, 3.8) is 0 Å². The van der Waals surface area contributed by atoms with Crippen LogP contribution in [0.2, 0.25) is 0 Å². The number of piperazine rings is 1. The highest BCUT2D eigenvalue weighted by atomic mass is 16.3. The molecule has 1 saturated heterocycles. The van der Waals surface area contributed by atoms with Crippen LogP contribution in [-0.4, -0.2) is 64.1 Å². The topological polar surface area (TPSA) is 76.6 Å². The number of aromatic nitrogens is 1. The lowest BCUT2D eigenvalue weighted by atomic mass is 10.1. The van der Waals surface area contributed by atoms with E-state index in [9.17, 15) is 14.7 Å². The molecule has 2 atom stereocenters. The summed E-state index contributed by atoms with van der Waals surface area (Å²) in [6.07, 6.45) is 2.75. The number of aromatic amines is 1. The summed E-state index contributed by atoms with van der Waals surface area (Å²) in [5.74, 6) is -0.130. The number of carbonyl (C=O) groups excluding carboxylic acids is 1. The number of nitrogens with one attached hydrogen (secondary N) is 1. The van der Waals surface area contributed by atoms with Gasteiger partial charge in [0.15, 0.2) is 0 Å². The number of hydrogen-bond acceptors (Lipinski definition) is 4. The Morgan fingerprint density at radius 3 is 2.60 bits per heavy atom. The third kappa shape index (κ3) is 3.07. The molecule has 1 aliphatic heterocycles. The van der Waals surface area contributed by atoms with Crippen molar-refractivity contribution in [2.75, 3.05) is 26.2 Å². The van der Waals surface area contributed by atoms with Crippen LogP contribution in [0, 0.1) is 0 Å². The van der Waals surface area contributed by atoms with E-state index in [4.69, 9.17) is 0 Å². The highest BCUT2D eigenvalue weighted by Gasteiger charge is 2.33. The van der Waals surface area contributed by atoms with Crippen molar-refractivity contribution < 1.29 is 9.90 Å². The van der Waals surface area contributed by atoms with E-state index >= 15 is 0 Å². The molecule has 2 aliphatic rings. The number of amides is 1. The highest BCUT2D eigenvalue weighted by Crippen LogP contribution is 2.25. The number of fused-ring (bicyclic) bond motifs is 1. The molecule has 1 aliphatic carbocycles. The first kappa shape index (κ1) is 16.3. The molecule has 1 aromatic heterocycles. The molecular formula is C19H23N3O3. The summed E-state index contributed by atoms with van der Waals surface area (Å²) in [6, 6.07) is 9.27. The maximum Gasteiger partial charge on any atom is 0.270 e. The Kier molecular flexibility index (Phi) is 4.31. The van der Waals surface area contributed by atoms with Crippen molar-refractivity contribution in [1.82, 2.24) is 14.8 Å². The van der Waals surface area contributed by atoms with Crippen LogP contribution in [0.1, 0.15) is 29.8 Å². The lowest BCUT2D eigenvalue weighted by Gasteiger charge is -2.39. The molecule has 0 bridgehead atoms. The van der Waals surface area contributed by atoms with E-state index in [0.29, 0.717) is 24.2 Å². The zero-order valence-corrected chi connectivity index (χ0v) is 14.1. The SMILES string of the molecule is O=C(c1cc2ccccc2c(=O)[nH]1)N1CCN([C@@H]2CCC[C@@H]2O)CC1. The van der Waals surface area contributed by atoms with Gasteiger partial charge in [-0.1, -0.05) is 18.2 Å². The number of carbonyl (C=O) groups is 1. The number of benzene rings is 1. The lowest BCUT2D eigenvalue weighted by molar-refractivity contribution is 0.0313. The zero-order chi connectivity index (χ0) is 17.4. The number of H-pyrrole nitrogens is 1. The fourth-order valence-corrected chi connectivity index (χ4v) is 4.10. The van der Waals surface area contributed by atoms with E-state index in [2.05, 4.69) is 9.88 Å². The van der Waals surface area contributed by atoms with E-state index in [1.807, 2.05) is 18.2 Å². The Bertz CT molecular complexity index is 839. The first-order valence-corrected chi connectivity index (χ1v) is 8.97. The minimum absolute atomic E-state index is 0.130. The van der Waals surface area contributed by atoms with Crippen LogP contribution in [0.4, 0.5) is 0 Å². The second-order valence-electron chi connectivity index (χ2n) is 6.99. The lowest BCUT2D eigenvalue weighted by Crippen LogP contribution is -2.53. The van der Waals surface area contributed by atoms with Gasteiger partial charge in [-0.05, 0) is 36.8 Å². The van der Waals surface area contributed by atoms with E-state index < -0.39 is 0 Å². The van der Waals surface area contributed by atoms with Gasteiger partial charge in [-0.15, -0.1) is 0 Å². The van der Waals surface area contributed by atoms with Crippen LogP contribution >= 0.6 is 0 Å². The molecule has 2 aromatic rings. The number of nitrogens with zero attached hydrogens (tertiary/aromatic N) is 2. The molecule has 0 unspecified atom stereocenters. The van der Waals surface area contributed by atoms with Gasteiger partial charge in [0.1, 0.15) is 5.69 Å². The van der Waals surface area contributed by atoms with Crippen molar-refractivity contribution in [2.24, 2.45) is 0 Å². The first-order valence-electron chi connectivity index (χ1n) is 8.97. The molecule has 2 fully saturated rings. The van der Waals surface area contributed by atoms with E-state index in [1.54, 1.807) is 17.0 Å². The summed E-state index contributed by atoms with van der Waals surface area (Å²) >= 11 is 0. The van der Waals surface area contributed by atoms with E-state index in [0.717, 1.165) is 37.7 Å². The second kappa shape index (κ2) is 6.61. The predicted molar refractivity (Wildman–Crippen MR) is 95.7 cm³/mol. The van der Waals surface area contributed by atoms with Crippen LogP contribution in [0.3, 0.4) is 0 Å². The monoisotopic (exact) mass is 341 g/mol. The van der Waals surface area contributed by atoms with Gasteiger partial charge in [0.25, 0.3) is 11.5 Å². The fraction of sp³-hybridized carbons (Fsp3) is 0.474. The number of aliphatic hydroxyl groups excluding tert-OH is 1. The molecular weight excluding hydrogens is 318 g/mol. The number of aliphatic hydroxyl groups is 1. The zero-order valence-electron chi connectivity index (χ0n) is 14.1. The van der Waals surface area contributed by atoms with Crippen molar-refractivity contribution in [3.8, 4) is 0 Å². The molecule has 132 valence electrons. The summed E-state index contributed by atoms with van der Waals surface area (Å²) in [4.78, 5) is 31.8. The summed E-state index contributed by atoms with van der Waals surface area (Å²) in [5.41, 5.74) is 0.118. The van der Waals surface area contributed by atoms with Crippen LogP contribution in [0.25, 0.3) is 10.8 Å². The van der Waals surface area contributed by atoms with Crippen LogP contribution in [0.15, 0.2) is 35.1 Å². The average molecular weight is 341 g/mol. The molecule has 1 amide bonds. The van der Waals surface area contributed by atoms with Gasteiger partial charge in [0.2, 0.25) is 0 Å². The van der Waals surface area contributed by atoms with Crippen molar-refractivity contribution >= 4 is 16.7 Å². The molecule has 1 aromatic carbocycles. The van der Waals surface area contributed by atoms with Gasteiger partial charge >= 0.3 is 0 Å². The van der Waals surface area contributed by atoms with E-state index in [-0.39, 0.29) is 23.6 Å². The van der Waals surface area contributed by atoms with Crippen molar-refractivity contribution in [3.05, 3.63) is 46.4 Å². The molecule has 0 spiro atoms. The third-order valence-corrected chi connectivity index (χ3v) is 5.50. The highest BCUT2D eigenvalue weighted by molar-refractivity contribution is 5.96. The standard InChI is InChI=1S/C19H23N3O3/c23-17-7-3-6-16(17)21-8-10-22(11-9-21)19(25)15-12-13-4-1-2-5-14(13)18(24)20-15/h1-2,4-5,12,16-17,23H,3,6-11H2,(H,20,24)/t16-,17+/m1/s1. The molecule has 6 heteroatoms. The Hall–Kier alpha value is -2.18. The van der Waals surface area contributed by atoms with Crippen LogP contribution in [0.5, 0.6) is 0 Å². The van der Waals surface area contributed by atoms with Gasteiger partial charge in [-0.3, -0.25) is 14.5 Å². The first-order chi connectivity index (χ1) is 12.1. The number of pyridine rings is 1. The number of rotatable bonds is 2. The normalized spacial score (nSPS) is 24.8.